The molecule has 1 aliphatic heterocycles. The minimum absolute atomic E-state index is 0.00591. The minimum atomic E-state index is -0.00591. The molecule has 1 unspecified atom stereocenters. The molecule has 30 heavy (non-hydrogen) atoms. The Morgan fingerprint density at radius 2 is 1.97 bits per heavy atom. The van der Waals surface area contributed by atoms with E-state index in [1.165, 1.54) is 6.42 Å². The number of nitrogens with one attached hydrogen (secondary N) is 3. The van der Waals surface area contributed by atoms with E-state index in [2.05, 4.69) is 52.7 Å². The number of nitrogens with zero attached hydrogens (tertiary/aromatic N) is 3. The molecule has 1 heterocycles. The smallest absolute Gasteiger partial charge is 0.321 e. The second-order valence-electron chi connectivity index (χ2n) is 7.96. The Bertz CT molecular complexity index is 667. The van der Waals surface area contributed by atoms with E-state index >= 15 is 0 Å². The third-order valence-corrected chi connectivity index (χ3v) is 5.64. The average molecular weight is 417 g/mol. The van der Waals surface area contributed by atoms with Crippen molar-refractivity contribution < 1.29 is 4.79 Å². The fourth-order valence-electron chi connectivity index (χ4n) is 3.73. The van der Waals surface area contributed by atoms with Crippen LogP contribution in [0.25, 0.3) is 0 Å². The van der Waals surface area contributed by atoms with Crippen LogP contribution in [-0.2, 0) is 6.54 Å². The Morgan fingerprint density at radius 1 is 1.23 bits per heavy atom. The second kappa shape index (κ2) is 13.1. The first-order valence-corrected chi connectivity index (χ1v) is 11.4. The van der Waals surface area contributed by atoms with Crippen molar-refractivity contribution in [1.29, 1.82) is 0 Å². The molecule has 1 fully saturated rings. The van der Waals surface area contributed by atoms with Gasteiger partial charge in [-0.25, -0.2) is 4.79 Å². The molecule has 1 aromatic rings. The standard InChI is InChI=1S/C23H40N6O/c1-5-28(6-2)14-10-11-19(3)26-22(24-4)25-18-20-12-9-13-21(17-20)27-23(30)29-15-7-8-16-29/h9,12-13,17,19H,5-8,10-11,14-16,18H2,1-4H3,(H,27,30)(H2,24,25,26). The molecule has 0 radical (unpaired) electrons. The molecule has 168 valence electrons. The Balaban J connectivity index is 1.76. The van der Waals surface area contributed by atoms with Gasteiger partial charge in [-0.15, -0.1) is 0 Å². The highest BCUT2D eigenvalue weighted by atomic mass is 16.2. The Hall–Kier alpha value is -2.28. The summed E-state index contributed by atoms with van der Waals surface area (Å²) in [6, 6.07) is 8.33. The number of rotatable bonds is 10. The summed E-state index contributed by atoms with van der Waals surface area (Å²) in [7, 11) is 1.80. The van der Waals surface area contributed by atoms with Crippen molar-refractivity contribution in [3.63, 3.8) is 0 Å². The number of carbonyl (C=O) groups excluding carboxylic acids is 1. The normalized spacial score (nSPS) is 15.4. The van der Waals surface area contributed by atoms with Crippen LogP contribution in [0.15, 0.2) is 29.3 Å². The summed E-state index contributed by atoms with van der Waals surface area (Å²) in [4.78, 5) is 21.0. The van der Waals surface area contributed by atoms with Gasteiger partial charge in [-0.2, -0.15) is 0 Å². The lowest BCUT2D eigenvalue weighted by Gasteiger charge is -2.21. The van der Waals surface area contributed by atoms with Crippen molar-refractivity contribution in [2.75, 3.05) is 45.1 Å². The molecule has 0 aromatic heterocycles. The van der Waals surface area contributed by atoms with E-state index in [-0.39, 0.29) is 6.03 Å². The lowest BCUT2D eigenvalue weighted by Crippen LogP contribution is -2.42. The molecule has 2 amide bonds. The Kier molecular flexibility index (Phi) is 10.5. The molecular formula is C23H40N6O. The third kappa shape index (κ3) is 8.22. The van der Waals surface area contributed by atoms with Crippen LogP contribution < -0.4 is 16.0 Å². The number of benzene rings is 1. The first kappa shape index (κ1) is 24.0. The number of urea groups is 1. The molecule has 1 saturated heterocycles. The number of likely N-dealkylation sites (tertiary alicyclic amines) is 1. The van der Waals surface area contributed by atoms with Crippen LogP contribution >= 0.6 is 0 Å². The Labute approximate surface area is 182 Å². The molecule has 1 atom stereocenters. The summed E-state index contributed by atoms with van der Waals surface area (Å²) in [6.45, 7) is 12.3. The number of carbonyl (C=O) groups is 1. The molecule has 1 aromatic carbocycles. The van der Waals surface area contributed by atoms with Gasteiger partial charge >= 0.3 is 6.03 Å². The van der Waals surface area contributed by atoms with Crippen LogP contribution in [-0.4, -0.2) is 67.6 Å². The molecule has 7 nitrogen and oxygen atoms in total. The van der Waals surface area contributed by atoms with Crippen LogP contribution in [0.2, 0.25) is 0 Å². The largest absolute Gasteiger partial charge is 0.354 e. The van der Waals surface area contributed by atoms with Crippen LogP contribution in [0.4, 0.5) is 10.5 Å². The zero-order chi connectivity index (χ0) is 21.8. The van der Waals surface area contributed by atoms with Gasteiger partial charge in [-0.1, -0.05) is 26.0 Å². The van der Waals surface area contributed by atoms with Crippen molar-refractivity contribution >= 4 is 17.7 Å². The Morgan fingerprint density at radius 3 is 2.63 bits per heavy atom. The summed E-state index contributed by atoms with van der Waals surface area (Å²) in [5, 5.41) is 9.86. The average Bonchev–Trinajstić information content (AvgIpc) is 3.29. The van der Waals surface area contributed by atoms with Gasteiger partial charge in [-0.3, -0.25) is 4.99 Å². The van der Waals surface area contributed by atoms with Crippen molar-refractivity contribution in [3.8, 4) is 0 Å². The topological polar surface area (TPSA) is 72.0 Å². The number of anilines is 1. The third-order valence-electron chi connectivity index (χ3n) is 5.64. The number of aliphatic imine (C=N–C) groups is 1. The van der Waals surface area contributed by atoms with E-state index in [4.69, 9.17) is 0 Å². The molecule has 0 saturated carbocycles. The van der Waals surface area contributed by atoms with Gasteiger partial charge in [-0.05, 0) is 69.9 Å². The quantitative estimate of drug-likeness (QED) is 0.403. The van der Waals surface area contributed by atoms with E-state index in [1.807, 2.05) is 23.1 Å². The van der Waals surface area contributed by atoms with Gasteiger partial charge in [0.1, 0.15) is 0 Å². The summed E-state index contributed by atoms with van der Waals surface area (Å²) < 4.78 is 0. The molecule has 3 N–H and O–H groups in total. The molecule has 0 aliphatic carbocycles. The predicted octanol–water partition coefficient (Wildman–Crippen LogP) is 3.49. The molecule has 1 aliphatic rings. The lowest BCUT2D eigenvalue weighted by atomic mass is 10.1. The minimum Gasteiger partial charge on any atom is -0.354 e. The van der Waals surface area contributed by atoms with Gasteiger partial charge in [0.15, 0.2) is 5.96 Å². The highest BCUT2D eigenvalue weighted by Gasteiger charge is 2.17. The fraction of sp³-hybridized carbons (Fsp3) is 0.652. The summed E-state index contributed by atoms with van der Waals surface area (Å²) in [5.74, 6) is 0.803. The van der Waals surface area contributed by atoms with Gasteiger partial charge in [0.25, 0.3) is 0 Å². The first-order chi connectivity index (χ1) is 14.5. The van der Waals surface area contributed by atoms with Crippen LogP contribution in [0.5, 0.6) is 0 Å². The van der Waals surface area contributed by atoms with Crippen molar-refractivity contribution in [3.05, 3.63) is 29.8 Å². The maximum absolute atomic E-state index is 12.3. The van der Waals surface area contributed by atoms with E-state index in [9.17, 15) is 4.79 Å². The van der Waals surface area contributed by atoms with E-state index in [1.54, 1.807) is 7.05 Å². The SMILES string of the molecule is CCN(CC)CCCC(C)NC(=NC)NCc1cccc(NC(=O)N2CCCC2)c1. The summed E-state index contributed by atoms with van der Waals surface area (Å²) in [5.41, 5.74) is 1.94. The van der Waals surface area contributed by atoms with Crippen molar-refractivity contribution in [1.82, 2.24) is 20.4 Å². The van der Waals surface area contributed by atoms with Crippen LogP contribution in [0.3, 0.4) is 0 Å². The highest BCUT2D eigenvalue weighted by Crippen LogP contribution is 2.14. The summed E-state index contributed by atoms with van der Waals surface area (Å²) >= 11 is 0. The molecular weight excluding hydrogens is 376 g/mol. The lowest BCUT2D eigenvalue weighted by molar-refractivity contribution is 0.222. The summed E-state index contributed by atoms with van der Waals surface area (Å²) in [6.07, 6.45) is 4.47. The van der Waals surface area contributed by atoms with E-state index < -0.39 is 0 Å². The second-order valence-corrected chi connectivity index (χ2v) is 7.96. The first-order valence-electron chi connectivity index (χ1n) is 11.4. The zero-order valence-electron chi connectivity index (χ0n) is 19.2. The predicted molar refractivity (Wildman–Crippen MR) is 126 cm³/mol. The maximum atomic E-state index is 12.3. The number of hydrogen-bond acceptors (Lipinski definition) is 3. The van der Waals surface area contributed by atoms with Gasteiger partial charge in [0, 0.05) is 38.4 Å². The molecule has 7 heteroatoms. The number of guanidine groups is 1. The number of hydrogen-bond donors (Lipinski definition) is 3. The molecule has 0 bridgehead atoms. The highest BCUT2D eigenvalue weighted by molar-refractivity contribution is 5.89. The van der Waals surface area contributed by atoms with Crippen molar-refractivity contribution in [2.24, 2.45) is 4.99 Å². The maximum Gasteiger partial charge on any atom is 0.321 e. The van der Waals surface area contributed by atoms with Crippen LogP contribution in [0.1, 0.15) is 52.0 Å². The fourth-order valence-corrected chi connectivity index (χ4v) is 3.73. The number of amides is 2. The van der Waals surface area contributed by atoms with Gasteiger partial charge in [0.2, 0.25) is 0 Å². The molecule has 0 spiro atoms. The zero-order valence-corrected chi connectivity index (χ0v) is 19.2. The van der Waals surface area contributed by atoms with E-state index in [0.717, 1.165) is 69.2 Å². The monoisotopic (exact) mass is 416 g/mol. The van der Waals surface area contributed by atoms with E-state index in [0.29, 0.717) is 12.6 Å². The van der Waals surface area contributed by atoms with Gasteiger partial charge < -0.3 is 25.8 Å². The van der Waals surface area contributed by atoms with Gasteiger partial charge in [0.05, 0.1) is 0 Å². The van der Waals surface area contributed by atoms with Crippen molar-refractivity contribution in [2.45, 2.75) is 59.0 Å². The molecule has 2 rings (SSSR count). The van der Waals surface area contributed by atoms with Crippen LogP contribution in [0, 0.1) is 0 Å².